The number of urea groups is 1. The second kappa shape index (κ2) is 13.9. The topological polar surface area (TPSA) is 179 Å². The minimum atomic E-state index is -1.17. The molecule has 0 fully saturated rings. The first-order valence-electron chi connectivity index (χ1n) is 14.1. The van der Waals surface area contributed by atoms with E-state index < -0.39 is 29.2 Å². The highest BCUT2D eigenvalue weighted by Gasteiger charge is 2.32. The maximum Gasteiger partial charge on any atom is 0.337 e. The van der Waals surface area contributed by atoms with Gasteiger partial charge in [-0.1, -0.05) is 6.07 Å². The van der Waals surface area contributed by atoms with Gasteiger partial charge in [-0.15, -0.1) is 0 Å². The van der Waals surface area contributed by atoms with Gasteiger partial charge in [0.15, 0.2) is 17.7 Å². The van der Waals surface area contributed by atoms with E-state index in [0.717, 1.165) is 28.2 Å². The SMILES string of the molecule is CCOc1cc([C@H]2NC(=O)NC(C)=C2C(=O)OC)ccc1OC[C@@H](O)N/N=C\c1cc(C)n(-c2ccc([N+](=O)[O-])cc2C)c1C. The average molecular weight is 621 g/mol. The quantitative estimate of drug-likeness (QED) is 0.0770. The van der Waals surface area contributed by atoms with Crippen molar-refractivity contribution in [2.45, 2.75) is 46.9 Å². The maximum absolute atomic E-state index is 12.5. The Morgan fingerprint density at radius 3 is 2.58 bits per heavy atom. The van der Waals surface area contributed by atoms with E-state index in [2.05, 4.69) is 21.2 Å². The van der Waals surface area contributed by atoms with Gasteiger partial charge in [-0.3, -0.25) is 15.5 Å². The van der Waals surface area contributed by atoms with Crippen molar-refractivity contribution < 1.29 is 33.8 Å². The Labute approximate surface area is 259 Å². The molecule has 2 atom stereocenters. The summed E-state index contributed by atoms with van der Waals surface area (Å²) in [5, 5.41) is 31.1. The molecule has 0 saturated carbocycles. The zero-order valence-corrected chi connectivity index (χ0v) is 25.8. The predicted octanol–water partition coefficient (Wildman–Crippen LogP) is 3.83. The number of esters is 1. The molecule has 0 saturated heterocycles. The molecule has 0 aliphatic carbocycles. The Bertz CT molecular complexity index is 1680. The van der Waals surface area contributed by atoms with Crippen molar-refractivity contribution in [1.29, 1.82) is 0 Å². The summed E-state index contributed by atoms with van der Waals surface area (Å²) in [6, 6.07) is 10.4. The van der Waals surface area contributed by atoms with Gasteiger partial charge in [-0.25, -0.2) is 9.59 Å². The van der Waals surface area contributed by atoms with E-state index in [1.165, 1.54) is 19.2 Å². The number of hydrogen-bond donors (Lipinski definition) is 4. The fourth-order valence-electron chi connectivity index (χ4n) is 5.11. The van der Waals surface area contributed by atoms with Crippen LogP contribution < -0.4 is 25.5 Å². The van der Waals surface area contributed by atoms with Gasteiger partial charge < -0.3 is 34.5 Å². The summed E-state index contributed by atoms with van der Waals surface area (Å²) in [7, 11) is 1.27. The van der Waals surface area contributed by atoms with E-state index >= 15 is 0 Å². The lowest BCUT2D eigenvalue weighted by atomic mass is 9.95. The number of aliphatic hydroxyl groups is 1. The Morgan fingerprint density at radius 2 is 1.91 bits per heavy atom. The highest BCUT2D eigenvalue weighted by atomic mass is 16.6. The lowest BCUT2D eigenvalue weighted by Crippen LogP contribution is -2.45. The van der Waals surface area contributed by atoms with E-state index in [1.54, 1.807) is 44.3 Å². The zero-order chi connectivity index (χ0) is 32.8. The van der Waals surface area contributed by atoms with Gasteiger partial charge in [0.25, 0.3) is 5.69 Å². The van der Waals surface area contributed by atoms with Gasteiger partial charge in [0, 0.05) is 40.5 Å². The van der Waals surface area contributed by atoms with Crippen LogP contribution in [0.25, 0.3) is 5.69 Å². The summed E-state index contributed by atoms with van der Waals surface area (Å²) in [5.74, 6) is 0.115. The molecule has 14 nitrogen and oxygen atoms in total. The van der Waals surface area contributed by atoms with Crippen molar-refractivity contribution in [3.63, 3.8) is 0 Å². The molecule has 0 spiro atoms. The molecule has 2 aromatic carbocycles. The van der Waals surface area contributed by atoms with Crippen molar-refractivity contribution in [1.82, 2.24) is 20.6 Å². The fourth-order valence-corrected chi connectivity index (χ4v) is 5.11. The number of carbonyl (C=O) groups excluding carboxylic acids is 2. The van der Waals surface area contributed by atoms with E-state index in [1.807, 2.05) is 31.4 Å². The first kappa shape index (κ1) is 32.5. The van der Waals surface area contributed by atoms with E-state index in [-0.39, 0.29) is 17.9 Å². The predicted molar refractivity (Wildman–Crippen MR) is 166 cm³/mol. The molecule has 238 valence electrons. The number of nitrogens with one attached hydrogen (secondary N) is 3. The summed E-state index contributed by atoms with van der Waals surface area (Å²) < 4.78 is 18.5. The molecule has 4 N–H and O–H groups in total. The van der Waals surface area contributed by atoms with Crippen LogP contribution in [0.15, 0.2) is 58.8 Å². The van der Waals surface area contributed by atoms with E-state index in [0.29, 0.717) is 29.4 Å². The largest absolute Gasteiger partial charge is 0.490 e. The number of hydrogen-bond acceptors (Lipinski definition) is 10. The summed E-state index contributed by atoms with van der Waals surface area (Å²) in [6.07, 6.45) is 0.404. The molecule has 1 aliphatic rings. The maximum atomic E-state index is 12.5. The van der Waals surface area contributed by atoms with Crippen molar-refractivity contribution in [3.8, 4) is 17.2 Å². The summed E-state index contributed by atoms with van der Waals surface area (Å²) >= 11 is 0. The number of hydrazone groups is 1. The molecule has 3 aromatic rings. The second-order valence-electron chi connectivity index (χ2n) is 10.3. The molecule has 1 aromatic heterocycles. The summed E-state index contributed by atoms with van der Waals surface area (Å²) in [6.45, 7) is 9.23. The smallest absolute Gasteiger partial charge is 0.337 e. The molecular formula is C31H36N6O8. The number of nitro groups is 1. The first-order valence-corrected chi connectivity index (χ1v) is 14.1. The molecule has 0 bridgehead atoms. The molecule has 4 rings (SSSR count). The molecule has 0 unspecified atom stereocenters. The third-order valence-electron chi connectivity index (χ3n) is 7.20. The number of carbonyl (C=O) groups is 2. The highest BCUT2D eigenvalue weighted by molar-refractivity contribution is 5.95. The Kier molecular flexibility index (Phi) is 10.1. The average Bonchev–Trinajstić information content (AvgIpc) is 3.27. The van der Waals surface area contributed by atoms with Crippen LogP contribution in [0, 0.1) is 30.9 Å². The molecule has 14 heteroatoms. The van der Waals surface area contributed by atoms with Crippen LogP contribution in [0.4, 0.5) is 10.5 Å². The van der Waals surface area contributed by atoms with Crippen LogP contribution in [0.5, 0.6) is 11.5 Å². The number of aliphatic hydroxyl groups excluding tert-OH is 1. The number of aryl methyl sites for hydroxylation is 2. The summed E-state index contributed by atoms with van der Waals surface area (Å²) in [4.78, 5) is 35.3. The first-order chi connectivity index (χ1) is 21.4. The number of amides is 2. The normalized spacial score (nSPS) is 15.4. The highest BCUT2D eigenvalue weighted by Crippen LogP contribution is 2.35. The van der Waals surface area contributed by atoms with Crippen LogP contribution in [-0.4, -0.2) is 59.4 Å². The number of benzene rings is 2. The van der Waals surface area contributed by atoms with Crippen molar-refractivity contribution in [2.75, 3.05) is 20.3 Å². The van der Waals surface area contributed by atoms with Crippen LogP contribution in [-0.2, 0) is 9.53 Å². The third-order valence-corrected chi connectivity index (χ3v) is 7.20. The number of nitro benzene ring substituents is 1. The molecule has 2 heterocycles. The van der Waals surface area contributed by atoms with E-state index in [9.17, 15) is 24.8 Å². The van der Waals surface area contributed by atoms with Gasteiger partial charge >= 0.3 is 12.0 Å². The van der Waals surface area contributed by atoms with E-state index in [4.69, 9.17) is 14.2 Å². The van der Waals surface area contributed by atoms with Gasteiger partial charge in [0.05, 0.1) is 36.5 Å². The number of nitrogens with zero attached hydrogens (tertiary/aromatic N) is 3. The monoisotopic (exact) mass is 620 g/mol. The number of aromatic nitrogens is 1. The molecule has 45 heavy (non-hydrogen) atoms. The third kappa shape index (κ3) is 7.24. The van der Waals surface area contributed by atoms with Crippen molar-refractivity contribution >= 4 is 23.9 Å². The zero-order valence-electron chi connectivity index (χ0n) is 25.8. The number of methoxy groups -OCH3 is 1. The van der Waals surface area contributed by atoms with Crippen LogP contribution in [0.3, 0.4) is 0 Å². The Hall–Kier alpha value is -5.37. The molecule has 1 aliphatic heterocycles. The molecule has 2 amide bonds. The lowest BCUT2D eigenvalue weighted by molar-refractivity contribution is -0.384. The van der Waals surface area contributed by atoms with Gasteiger partial charge in [-0.2, -0.15) is 5.10 Å². The number of non-ortho nitro benzene ring substituents is 1. The number of allylic oxidation sites excluding steroid dienone is 1. The standard InChI is InChI=1S/C31H36N6O8/c1-7-44-26-14-21(29-28(30(39)43-6)19(4)33-31(40)34-29)8-11-25(26)45-16-27(38)35-32-15-22-13-18(3)36(20(22)5)24-10-9-23(37(41)42)12-17(24)2/h8-15,27,29,35,38H,7,16H2,1-6H3,(H2,33,34,40)/b32-15-/t27-,29-/m1/s1. The Morgan fingerprint density at radius 1 is 1.16 bits per heavy atom. The van der Waals surface area contributed by atoms with Crippen LogP contribution in [0.1, 0.15) is 48.0 Å². The lowest BCUT2D eigenvalue weighted by Gasteiger charge is -2.28. The summed E-state index contributed by atoms with van der Waals surface area (Å²) in [5.41, 5.74) is 8.04. The second-order valence-corrected chi connectivity index (χ2v) is 10.3. The molecule has 0 radical (unpaired) electrons. The number of rotatable bonds is 12. The van der Waals surface area contributed by atoms with Gasteiger partial charge in [-0.05, 0) is 70.0 Å². The van der Waals surface area contributed by atoms with Gasteiger partial charge in [0.2, 0.25) is 0 Å². The van der Waals surface area contributed by atoms with Crippen molar-refractivity contribution in [2.24, 2.45) is 5.10 Å². The minimum absolute atomic E-state index is 0.0282. The van der Waals surface area contributed by atoms with Gasteiger partial charge in [0.1, 0.15) is 6.61 Å². The minimum Gasteiger partial charge on any atom is -0.490 e. The Balaban J connectivity index is 1.44. The van der Waals surface area contributed by atoms with Crippen LogP contribution >= 0.6 is 0 Å². The fraction of sp³-hybridized carbons (Fsp3) is 0.323. The number of ether oxygens (including phenoxy) is 3. The van der Waals surface area contributed by atoms with Crippen molar-refractivity contribution in [3.05, 3.63) is 91.9 Å². The molecular weight excluding hydrogens is 584 g/mol. The van der Waals surface area contributed by atoms with Crippen LogP contribution in [0.2, 0.25) is 0 Å².